The van der Waals surface area contributed by atoms with Crippen LogP contribution in [0.5, 0.6) is 0 Å². The highest BCUT2D eigenvalue weighted by molar-refractivity contribution is 14.2. The van der Waals surface area contributed by atoms with Gasteiger partial charge in [0.05, 0.1) is 22.3 Å². The molecule has 0 saturated carbocycles. The van der Waals surface area contributed by atoms with Gasteiger partial charge in [0.1, 0.15) is 0 Å². The van der Waals surface area contributed by atoms with Crippen molar-refractivity contribution in [3.63, 3.8) is 0 Å². The standard InChI is InChI=1S/C16H6F12IP/c17-13(18,19)7-1-8(14(20,21)22)4-11(3-7)30(29)12-5-9(15(23,24)25)2-10(6-12)16(26,27)28/h1-6H. The van der Waals surface area contributed by atoms with Crippen LogP contribution in [-0.2, 0) is 24.7 Å². The first-order valence-electron chi connectivity index (χ1n) is 7.35. The minimum Gasteiger partial charge on any atom is -0.166 e. The van der Waals surface area contributed by atoms with Crippen LogP contribution in [0.1, 0.15) is 22.3 Å². The fraction of sp³-hybridized carbons (Fsp3) is 0.250. The number of hydrogen-bond acceptors (Lipinski definition) is 0. The Morgan fingerprint density at radius 1 is 0.433 bits per heavy atom. The van der Waals surface area contributed by atoms with Crippen LogP contribution >= 0.6 is 27.6 Å². The normalized spacial score (nSPS) is 13.8. The molecule has 0 nitrogen and oxygen atoms in total. The molecule has 0 aliphatic carbocycles. The van der Waals surface area contributed by atoms with Crippen LogP contribution in [0, 0.1) is 0 Å². The summed E-state index contributed by atoms with van der Waals surface area (Å²) in [6.07, 6.45) is -20.9. The number of hydrogen-bond donors (Lipinski definition) is 0. The highest BCUT2D eigenvalue weighted by atomic mass is 127. The van der Waals surface area contributed by atoms with Crippen LogP contribution in [0.2, 0.25) is 0 Å². The first-order chi connectivity index (χ1) is 13.3. The van der Waals surface area contributed by atoms with E-state index in [9.17, 15) is 52.7 Å². The fourth-order valence-corrected chi connectivity index (χ4v) is 5.23. The maximum Gasteiger partial charge on any atom is 0.416 e. The van der Waals surface area contributed by atoms with Crippen LogP contribution in [0.15, 0.2) is 36.4 Å². The fourth-order valence-electron chi connectivity index (χ4n) is 2.25. The van der Waals surface area contributed by atoms with E-state index in [1.54, 1.807) is 0 Å². The summed E-state index contributed by atoms with van der Waals surface area (Å²) in [5.74, 6) is 0. The molecule has 0 aliphatic heterocycles. The van der Waals surface area contributed by atoms with Gasteiger partial charge in [-0.25, -0.2) is 0 Å². The van der Waals surface area contributed by atoms with Gasteiger partial charge in [0.15, 0.2) is 0 Å². The molecule has 0 fully saturated rings. The predicted molar refractivity (Wildman–Crippen MR) is 93.1 cm³/mol. The van der Waals surface area contributed by atoms with E-state index in [0.717, 1.165) is 0 Å². The van der Waals surface area contributed by atoms with Crippen molar-refractivity contribution in [2.24, 2.45) is 0 Å². The predicted octanol–water partition coefficient (Wildman–Crippen LogP) is 7.54. The highest BCUT2D eigenvalue weighted by Crippen LogP contribution is 2.47. The topological polar surface area (TPSA) is 0 Å². The summed E-state index contributed by atoms with van der Waals surface area (Å²) in [6.45, 7) is 0. The minimum atomic E-state index is -5.21. The summed E-state index contributed by atoms with van der Waals surface area (Å²) in [5.41, 5.74) is -9.34. The number of benzene rings is 2. The van der Waals surface area contributed by atoms with Gasteiger partial charge in [0.25, 0.3) is 0 Å². The lowest BCUT2D eigenvalue weighted by molar-refractivity contribution is -0.144. The lowest BCUT2D eigenvalue weighted by atomic mass is 10.1. The van der Waals surface area contributed by atoms with E-state index in [1.807, 2.05) is 0 Å². The van der Waals surface area contributed by atoms with Crippen molar-refractivity contribution < 1.29 is 52.7 Å². The van der Waals surface area contributed by atoms with E-state index in [-0.39, 0.29) is 36.4 Å². The van der Waals surface area contributed by atoms with Gasteiger partial charge in [-0.05, 0) is 69.0 Å². The van der Waals surface area contributed by atoms with Crippen LogP contribution in [0.3, 0.4) is 0 Å². The SMILES string of the molecule is FC(F)(F)c1cc(P(I)c2cc(C(F)(F)F)cc(C(F)(F)F)c2)cc(C(F)(F)F)c1. The Hall–Kier alpha value is -1.24. The molecule has 0 aromatic heterocycles. The van der Waals surface area contributed by atoms with E-state index < -0.39 is 63.1 Å². The molecule has 30 heavy (non-hydrogen) atoms. The van der Waals surface area contributed by atoms with Crippen molar-refractivity contribution in [2.75, 3.05) is 0 Å². The van der Waals surface area contributed by atoms with Crippen molar-refractivity contribution in [1.29, 1.82) is 0 Å². The van der Waals surface area contributed by atoms with Crippen LogP contribution < -0.4 is 10.6 Å². The Morgan fingerprint density at radius 3 is 0.800 bits per heavy atom. The zero-order valence-corrected chi connectivity index (χ0v) is 16.9. The Labute approximate surface area is 174 Å². The summed E-state index contributed by atoms with van der Waals surface area (Å²) in [5, 5.41) is -1.39. The minimum absolute atomic E-state index is 0.184. The van der Waals surface area contributed by atoms with Crippen molar-refractivity contribution in [3.05, 3.63) is 58.7 Å². The molecule has 0 atom stereocenters. The Balaban J connectivity index is 2.72. The molecule has 2 aromatic rings. The summed E-state index contributed by atoms with van der Waals surface area (Å²) in [4.78, 5) is 0. The second-order valence-electron chi connectivity index (χ2n) is 5.81. The molecule has 0 radical (unpaired) electrons. The van der Waals surface area contributed by atoms with Crippen molar-refractivity contribution in [1.82, 2.24) is 0 Å². The lowest BCUT2D eigenvalue weighted by Gasteiger charge is -2.19. The quantitative estimate of drug-likeness (QED) is 0.195. The third kappa shape index (κ3) is 5.92. The van der Waals surface area contributed by atoms with Gasteiger partial charge in [-0.15, -0.1) is 0 Å². The lowest BCUT2D eigenvalue weighted by Crippen LogP contribution is -2.20. The number of rotatable bonds is 2. The van der Waals surface area contributed by atoms with Crippen LogP contribution in [-0.4, -0.2) is 0 Å². The Morgan fingerprint density at radius 2 is 0.633 bits per heavy atom. The molecule has 166 valence electrons. The van der Waals surface area contributed by atoms with E-state index in [0.29, 0.717) is 0 Å². The number of halogens is 13. The molecular weight excluding hydrogens is 578 g/mol. The van der Waals surface area contributed by atoms with E-state index in [4.69, 9.17) is 0 Å². The smallest absolute Gasteiger partial charge is 0.166 e. The second kappa shape index (κ2) is 8.03. The summed E-state index contributed by atoms with van der Waals surface area (Å²) in [7, 11) is 0. The molecule has 0 aliphatic rings. The zero-order chi connectivity index (χ0) is 23.3. The zero-order valence-electron chi connectivity index (χ0n) is 13.8. The molecule has 0 N–H and O–H groups in total. The summed E-state index contributed by atoms with van der Waals surface area (Å²) in [6, 6.07) is 0.747. The van der Waals surface area contributed by atoms with Gasteiger partial charge in [-0.2, -0.15) is 52.7 Å². The molecule has 2 aromatic carbocycles. The van der Waals surface area contributed by atoms with E-state index in [2.05, 4.69) is 0 Å². The molecule has 0 heterocycles. The maximum atomic E-state index is 13.0. The number of alkyl halides is 12. The van der Waals surface area contributed by atoms with Gasteiger partial charge in [0.2, 0.25) is 0 Å². The molecule has 2 rings (SSSR count). The molecule has 0 saturated heterocycles. The molecule has 0 unspecified atom stereocenters. The van der Waals surface area contributed by atoms with Crippen molar-refractivity contribution in [2.45, 2.75) is 24.7 Å². The van der Waals surface area contributed by atoms with Gasteiger partial charge >= 0.3 is 24.7 Å². The largest absolute Gasteiger partial charge is 0.416 e. The van der Waals surface area contributed by atoms with E-state index in [1.165, 1.54) is 22.0 Å². The average molecular weight is 584 g/mol. The monoisotopic (exact) mass is 584 g/mol. The second-order valence-corrected chi connectivity index (χ2v) is 10.3. The van der Waals surface area contributed by atoms with Crippen LogP contribution in [0.25, 0.3) is 0 Å². The third-order valence-corrected chi connectivity index (χ3v) is 8.36. The van der Waals surface area contributed by atoms with Crippen molar-refractivity contribution >= 4 is 38.2 Å². The van der Waals surface area contributed by atoms with E-state index >= 15 is 0 Å². The summed E-state index contributed by atoms with van der Waals surface area (Å²) < 4.78 is 156. The maximum absolute atomic E-state index is 13.0. The molecule has 0 spiro atoms. The van der Waals surface area contributed by atoms with Crippen LogP contribution in [0.4, 0.5) is 52.7 Å². The summed E-state index contributed by atoms with van der Waals surface area (Å²) >= 11 is 1.25. The Bertz CT molecular complexity index is 784. The molecule has 0 bridgehead atoms. The molecule has 14 heteroatoms. The molecule has 0 amide bonds. The highest BCUT2D eigenvalue weighted by Gasteiger charge is 2.39. The van der Waals surface area contributed by atoms with Gasteiger partial charge in [-0.1, -0.05) is 0 Å². The third-order valence-electron chi connectivity index (χ3n) is 3.60. The Kier molecular flexibility index (Phi) is 6.70. The van der Waals surface area contributed by atoms with Gasteiger partial charge in [0, 0.05) is 5.56 Å². The first kappa shape index (κ1) is 25.0. The molecular formula is C16H6F12IP. The average Bonchev–Trinajstić information content (AvgIpc) is 2.57. The van der Waals surface area contributed by atoms with Gasteiger partial charge < -0.3 is 0 Å². The first-order valence-corrected chi connectivity index (χ1v) is 11.5. The van der Waals surface area contributed by atoms with Crippen molar-refractivity contribution in [3.8, 4) is 0 Å². The van der Waals surface area contributed by atoms with Gasteiger partial charge in [-0.3, -0.25) is 0 Å².